The van der Waals surface area contributed by atoms with Crippen molar-refractivity contribution in [2.75, 3.05) is 12.4 Å². The SMILES string of the molecule is [C-]#[N+]c1ccc(Oc2ccc(C(=O)Nc3ccc(S(N)(=O)=O)cc3C)cc2OC)c(C)c1. The van der Waals surface area contributed by atoms with Crippen LogP contribution in [0.4, 0.5) is 11.4 Å². The summed E-state index contributed by atoms with van der Waals surface area (Å²) in [5, 5.41) is 7.89. The molecule has 9 heteroatoms. The molecule has 0 bridgehead atoms. The van der Waals surface area contributed by atoms with Crippen LogP contribution in [0.25, 0.3) is 4.85 Å². The van der Waals surface area contributed by atoms with Crippen LogP contribution in [0.15, 0.2) is 59.5 Å². The van der Waals surface area contributed by atoms with Gasteiger partial charge in [0.15, 0.2) is 17.2 Å². The van der Waals surface area contributed by atoms with Crippen molar-refractivity contribution in [1.82, 2.24) is 0 Å². The van der Waals surface area contributed by atoms with Crippen molar-refractivity contribution < 1.29 is 22.7 Å². The third-order valence-electron chi connectivity index (χ3n) is 4.71. The van der Waals surface area contributed by atoms with Gasteiger partial charge in [0.2, 0.25) is 10.0 Å². The molecule has 0 heterocycles. The number of hydrogen-bond donors (Lipinski definition) is 2. The molecular formula is C23H21N3O5S. The number of sulfonamides is 1. The Morgan fingerprint density at radius 3 is 2.28 bits per heavy atom. The Morgan fingerprint density at radius 1 is 0.969 bits per heavy atom. The first-order chi connectivity index (χ1) is 15.1. The van der Waals surface area contributed by atoms with Crippen molar-refractivity contribution in [3.8, 4) is 17.2 Å². The zero-order chi connectivity index (χ0) is 23.5. The standard InChI is InChI=1S/C23H21N3O5S/c1-14-12-18(32(24,28)29)7-8-19(14)26-23(27)16-5-9-21(22(13-16)30-4)31-20-10-6-17(25-3)11-15(20)2/h5-13H,1-2,4H3,(H,26,27)(H2,24,28,29). The van der Waals surface area contributed by atoms with E-state index in [1.165, 1.54) is 25.3 Å². The number of anilines is 1. The van der Waals surface area contributed by atoms with E-state index in [0.717, 1.165) is 5.56 Å². The van der Waals surface area contributed by atoms with Gasteiger partial charge in [-0.3, -0.25) is 4.79 Å². The fourth-order valence-electron chi connectivity index (χ4n) is 2.98. The molecule has 0 saturated carbocycles. The number of aryl methyl sites for hydroxylation is 2. The summed E-state index contributed by atoms with van der Waals surface area (Å²) >= 11 is 0. The van der Waals surface area contributed by atoms with Gasteiger partial charge in [-0.25, -0.2) is 18.4 Å². The Morgan fingerprint density at radius 2 is 1.69 bits per heavy atom. The van der Waals surface area contributed by atoms with Gasteiger partial charge in [-0.2, -0.15) is 0 Å². The average Bonchev–Trinajstić information content (AvgIpc) is 2.75. The molecule has 0 aliphatic rings. The minimum absolute atomic E-state index is 0.0316. The first-order valence-electron chi connectivity index (χ1n) is 9.41. The highest BCUT2D eigenvalue weighted by molar-refractivity contribution is 7.89. The first-order valence-corrected chi connectivity index (χ1v) is 11.0. The molecule has 0 fully saturated rings. The number of rotatable bonds is 6. The molecule has 0 aliphatic carbocycles. The molecule has 0 saturated heterocycles. The summed E-state index contributed by atoms with van der Waals surface area (Å²) in [7, 11) is -2.36. The van der Waals surface area contributed by atoms with Gasteiger partial charge in [-0.1, -0.05) is 6.07 Å². The highest BCUT2D eigenvalue weighted by atomic mass is 32.2. The summed E-state index contributed by atoms with van der Waals surface area (Å²) in [6, 6.07) is 14.0. The van der Waals surface area contributed by atoms with Crippen LogP contribution in [0.5, 0.6) is 17.2 Å². The topological polar surface area (TPSA) is 112 Å². The Balaban J connectivity index is 1.82. The third kappa shape index (κ3) is 5.06. The van der Waals surface area contributed by atoms with Crippen molar-refractivity contribution in [2.24, 2.45) is 5.14 Å². The van der Waals surface area contributed by atoms with Crippen LogP contribution < -0.4 is 19.9 Å². The molecule has 3 aromatic rings. The van der Waals surface area contributed by atoms with Crippen LogP contribution >= 0.6 is 0 Å². The summed E-state index contributed by atoms with van der Waals surface area (Å²) in [5.41, 5.74) is 2.64. The van der Waals surface area contributed by atoms with E-state index in [4.69, 9.17) is 21.2 Å². The molecule has 32 heavy (non-hydrogen) atoms. The zero-order valence-corrected chi connectivity index (χ0v) is 18.5. The molecule has 0 unspecified atom stereocenters. The maximum absolute atomic E-state index is 12.7. The highest BCUT2D eigenvalue weighted by Gasteiger charge is 2.15. The van der Waals surface area contributed by atoms with Crippen molar-refractivity contribution in [3.63, 3.8) is 0 Å². The largest absolute Gasteiger partial charge is 0.493 e. The molecule has 8 nitrogen and oxygen atoms in total. The number of nitrogens with one attached hydrogen (secondary N) is 1. The molecule has 0 atom stereocenters. The number of carbonyl (C=O) groups is 1. The van der Waals surface area contributed by atoms with E-state index in [2.05, 4.69) is 10.2 Å². The van der Waals surface area contributed by atoms with Crippen molar-refractivity contribution in [1.29, 1.82) is 0 Å². The molecule has 1 amide bonds. The van der Waals surface area contributed by atoms with E-state index >= 15 is 0 Å². The molecular weight excluding hydrogens is 430 g/mol. The van der Waals surface area contributed by atoms with Crippen LogP contribution in [0.2, 0.25) is 0 Å². The first kappa shape index (κ1) is 22.8. The van der Waals surface area contributed by atoms with Crippen LogP contribution in [-0.2, 0) is 10.0 Å². The predicted octanol–water partition coefficient (Wildman–Crippen LogP) is 4.55. The minimum Gasteiger partial charge on any atom is -0.493 e. The number of nitrogens with zero attached hydrogens (tertiary/aromatic N) is 1. The van der Waals surface area contributed by atoms with Gasteiger partial charge < -0.3 is 14.8 Å². The van der Waals surface area contributed by atoms with Gasteiger partial charge in [-0.15, -0.1) is 0 Å². The average molecular weight is 452 g/mol. The van der Waals surface area contributed by atoms with Crippen molar-refractivity contribution >= 4 is 27.3 Å². The molecule has 3 aromatic carbocycles. The van der Waals surface area contributed by atoms with Gasteiger partial charge in [0, 0.05) is 11.3 Å². The van der Waals surface area contributed by atoms with Crippen molar-refractivity contribution in [3.05, 3.63) is 82.7 Å². The van der Waals surface area contributed by atoms with Gasteiger partial charge >= 0.3 is 0 Å². The summed E-state index contributed by atoms with van der Waals surface area (Å²) in [6.07, 6.45) is 0. The van der Waals surface area contributed by atoms with Gasteiger partial charge in [-0.05, 0) is 73.5 Å². The number of amides is 1. The monoisotopic (exact) mass is 451 g/mol. The van der Waals surface area contributed by atoms with E-state index in [0.29, 0.717) is 39.8 Å². The lowest BCUT2D eigenvalue weighted by atomic mass is 10.1. The number of nitrogens with two attached hydrogens (primary N) is 1. The molecule has 3 N–H and O–H groups in total. The number of benzene rings is 3. The van der Waals surface area contributed by atoms with Crippen LogP contribution in [0, 0.1) is 20.4 Å². The number of ether oxygens (including phenoxy) is 2. The Bertz CT molecular complexity index is 1340. The molecule has 0 aliphatic heterocycles. The fourth-order valence-corrected chi connectivity index (χ4v) is 3.58. The maximum Gasteiger partial charge on any atom is 0.255 e. The van der Waals surface area contributed by atoms with Crippen molar-refractivity contribution in [2.45, 2.75) is 18.7 Å². The van der Waals surface area contributed by atoms with Crippen LogP contribution in [0.1, 0.15) is 21.5 Å². The Labute approximate surface area is 186 Å². The maximum atomic E-state index is 12.7. The summed E-state index contributed by atoms with van der Waals surface area (Å²) in [6.45, 7) is 10.6. The second kappa shape index (κ2) is 9.09. The zero-order valence-electron chi connectivity index (χ0n) is 17.7. The number of methoxy groups -OCH3 is 1. The lowest BCUT2D eigenvalue weighted by molar-refractivity contribution is 0.102. The molecule has 0 aromatic heterocycles. The second-order valence-electron chi connectivity index (χ2n) is 7.01. The predicted molar refractivity (Wildman–Crippen MR) is 121 cm³/mol. The normalized spacial score (nSPS) is 10.8. The lowest BCUT2D eigenvalue weighted by Crippen LogP contribution is -2.15. The summed E-state index contributed by atoms with van der Waals surface area (Å²) in [5.74, 6) is 0.932. The van der Waals surface area contributed by atoms with E-state index < -0.39 is 15.9 Å². The van der Waals surface area contributed by atoms with E-state index in [1.807, 2.05) is 6.92 Å². The van der Waals surface area contributed by atoms with E-state index in [9.17, 15) is 13.2 Å². The fraction of sp³-hybridized carbons (Fsp3) is 0.130. The number of carbonyl (C=O) groups excluding carboxylic acids is 1. The summed E-state index contributed by atoms with van der Waals surface area (Å²) < 4.78 is 34.3. The Kier molecular flexibility index (Phi) is 6.48. The smallest absolute Gasteiger partial charge is 0.255 e. The highest BCUT2D eigenvalue weighted by Crippen LogP contribution is 2.35. The van der Waals surface area contributed by atoms with E-state index in [-0.39, 0.29) is 4.90 Å². The molecule has 0 spiro atoms. The van der Waals surface area contributed by atoms with E-state index in [1.54, 1.807) is 43.3 Å². The number of primary sulfonamides is 1. The minimum atomic E-state index is -3.83. The quantitative estimate of drug-likeness (QED) is 0.534. The lowest BCUT2D eigenvalue weighted by Gasteiger charge is -2.14. The van der Waals surface area contributed by atoms with Gasteiger partial charge in [0.25, 0.3) is 5.91 Å². The number of hydrogen-bond acceptors (Lipinski definition) is 5. The van der Waals surface area contributed by atoms with Gasteiger partial charge in [0.1, 0.15) is 5.75 Å². The molecule has 0 radical (unpaired) electrons. The van der Waals surface area contributed by atoms with Gasteiger partial charge in [0.05, 0.1) is 18.6 Å². The van der Waals surface area contributed by atoms with Crippen LogP contribution in [0.3, 0.4) is 0 Å². The molecule has 3 rings (SSSR count). The third-order valence-corrected chi connectivity index (χ3v) is 5.62. The Hall–Kier alpha value is -3.87. The molecule has 164 valence electrons. The summed E-state index contributed by atoms with van der Waals surface area (Å²) in [4.78, 5) is 16.1. The second-order valence-corrected chi connectivity index (χ2v) is 8.57. The van der Waals surface area contributed by atoms with Crippen LogP contribution in [-0.4, -0.2) is 21.4 Å².